The highest BCUT2D eigenvalue weighted by Gasteiger charge is 2.09. The van der Waals surface area contributed by atoms with Crippen LogP contribution in [0.3, 0.4) is 0 Å². The Hall–Kier alpha value is -0.840. The summed E-state index contributed by atoms with van der Waals surface area (Å²) in [6, 6.07) is 10.1. The molecule has 0 aliphatic carbocycles. The number of esters is 1. The van der Waals surface area contributed by atoms with Crippen LogP contribution in [0.4, 0.5) is 0 Å². The minimum atomic E-state index is -0.182. The molecular formula is C13H15IO2. The predicted molar refractivity (Wildman–Crippen MR) is 73.7 cm³/mol. The fourth-order valence-electron chi connectivity index (χ4n) is 1.38. The van der Waals surface area contributed by atoms with Crippen LogP contribution in [0.5, 0.6) is 0 Å². The lowest BCUT2D eigenvalue weighted by molar-refractivity contribution is -0.143. The van der Waals surface area contributed by atoms with Crippen molar-refractivity contribution in [3.05, 3.63) is 48.6 Å². The monoisotopic (exact) mass is 330 g/mol. The van der Waals surface area contributed by atoms with Crippen LogP contribution in [-0.2, 0) is 16.0 Å². The summed E-state index contributed by atoms with van der Waals surface area (Å²) in [5, 5.41) is 0. The molecule has 0 saturated carbocycles. The summed E-state index contributed by atoms with van der Waals surface area (Å²) in [5.74, 6) is -0.182. The lowest BCUT2D eigenvalue weighted by Gasteiger charge is -2.13. The third kappa shape index (κ3) is 4.79. The van der Waals surface area contributed by atoms with E-state index in [1.807, 2.05) is 40.8 Å². The fraction of sp³-hybridized carbons (Fsp3) is 0.308. The molecular weight excluding hydrogens is 315 g/mol. The van der Waals surface area contributed by atoms with E-state index in [2.05, 4.69) is 18.7 Å². The number of benzene rings is 1. The van der Waals surface area contributed by atoms with Gasteiger partial charge in [0, 0.05) is 0 Å². The molecule has 1 atom stereocenters. The molecule has 0 amide bonds. The van der Waals surface area contributed by atoms with Crippen LogP contribution in [-0.4, -0.2) is 16.5 Å². The molecule has 0 N–H and O–H groups in total. The second kappa shape index (κ2) is 7.44. The van der Waals surface area contributed by atoms with E-state index in [9.17, 15) is 4.79 Å². The van der Waals surface area contributed by atoms with Gasteiger partial charge in [-0.05, 0) is 18.4 Å². The first-order valence-electron chi connectivity index (χ1n) is 5.18. The highest BCUT2D eigenvalue weighted by atomic mass is 127. The largest absolute Gasteiger partial charge is 0.458 e. The summed E-state index contributed by atoms with van der Waals surface area (Å²) in [4.78, 5) is 11.1. The van der Waals surface area contributed by atoms with Crippen molar-refractivity contribution >= 4 is 28.6 Å². The lowest BCUT2D eigenvalue weighted by Crippen LogP contribution is -2.17. The first-order chi connectivity index (χ1) is 7.76. The number of aryl methyl sites for hydroxylation is 1. The maximum Gasteiger partial charge on any atom is 0.316 e. The average Bonchev–Trinajstić information content (AvgIpc) is 2.35. The van der Waals surface area contributed by atoms with Crippen LogP contribution >= 0.6 is 22.6 Å². The smallest absolute Gasteiger partial charge is 0.316 e. The highest BCUT2D eigenvalue weighted by molar-refractivity contribution is 14.1. The molecule has 0 fully saturated rings. The van der Waals surface area contributed by atoms with Crippen molar-refractivity contribution in [3.8, 4) is 0 Å². The molecule has 1 unspecified atom stereocenters. The van der Waals surface area contributed by atoms with Gasteiger partial charge >= 0.3 is 5.97 Å². The van der Waals surface area contributed by atoms with Crippen LogP contribution < -0.4 is 0 Å². The number of hydrogen-bond donors (Lipinski definition) is 0. The van der Waals surface area contributed by atoms with Crippen LogP contribution in [0, 0.1) is 0 Å². The molecule has 86 valence electrons. The van der Waals surface area contributed by atoms with E-state index in [1.165, 1.54) is 5.56 Å². The SMILES string of the molecule is C=CC(CCc1ccccc1)OC(=O)CI. The van der Waals surface area contributed by atoms with E-state index in [4.69, 9.17) is 4.74 Å². The topological polar surface area (TPSA) is 26.3 Å². The zero-order valence-corrected chi connectivity index (χ0v) is 11.2. The number of halogens is 1. The molecule has 16 heavy (non-hydrogen) atoms. The minimum Gasteiger partial charge on any atom is -0.458 e. The summed E-state index contributed by atoms with van der Waals surface area (Å²) in [5.41, 5.74) is 1.25. The lowest BCUT2D eigenvalue weighted by atomic mass is 10.1. The van der Waals surface area contributed by atoms with Crippen molar-refractivity contribution in [1.29, 1.82) is 0 Å². The number of carbonyl (C=O) groups is 1. The summed E-state index contributed by atoms with van der Waals surface area (Å²) in [6.07, 6.45) is 3.19. The Bertz CT molecular complexity index is 335. The first kappa shape index (κ1) is 13.2. The van der Waals surface area contributed by atoms with Crippen molar-refractivity contribution < 1.29 is 9.53 Å². The molecule has 0 spiro atoms. The molecule has 0 aliphatic heterocycles. The van der Waals surface area contributed by atoms with Crippen LogP contribution in [0.1, 0.15) is 12.0 Å². The van der Waals surface area contributed by atoms with Gasteiger partial charge in [-0.2, -0.15) is 0 Å². The normalized spacial score (nSPS) is 11.8. The van der Waals surface area contributed by atoms with Crippen molar-refractivity contribution in [2.75, 3.05) is 4.43 Å². The van der Waals surface area contributed by atoms with Gasteiger partial charge in [0.15, 0.2) is 0 Å². The summed E-state index contributed by atoms with van der Waals surface area (Å²) in [6.45, 7) is 3.68. The third-order valence-electron chi connectivity index (χ3n) is 2.22. The van der Waals surface area contributed by atoms with Gasteiger partial charge in [-0.1, -0.05) is 65.6 Å². The van der Waals surface area contributed by atoms with Gasteiger partial charge < -0.3 is 4.74 Å². The zero-order chi connectivity index (χ0) is 11.8. The standard InChI is InChI=1S/C13H15IO2/c1-2-12(16-13(15)10-14)9-8-11-6-4-3-5-7-11/h2-7,12H,1,8-10H2. The Morgan fingerprint density at radius 1 is 1.44 bits per heavy atom. The summed E-state index contributed by atoms with van der Waals surface area (Å²) in [7, 11) is 0. The molecule has 1 rings (SSSR count). The van der Waals surface area contributed by atoms with Crippen molar-refractivity contribution in [2.45, 2.75) is 18.9 Å². The van der Waals surface area contributed by atoms with Crippen molar-refractivity contribution in [3.63, 3.8) is 0 Å². The minimum absolute atomic E-state index is 0.178. The van der Waals surface area contributed by atoms with Gasteiger partial charge in [-0.3, -0.25) is 4.79 Å². The fourth-order valence-corrected chi connectivity index (χ4v) is 1.56. The Morgan fingerprint density at radius 3 is 2.69 bits per heavy atom. The Morgan fingerprint density at radius 2 is 2.12 bits per heavy atom. The van der Waals surface area contributed by atoms with Gasteiger partial charge in [0.05, 0.1) is 4.43 Å². The Balaban J connectivity index is 2.40. The number of rotatable bonds is 6. The molecule has 3 heteroatoms. The molecule has 0 heterocycles. The van der Waals surface area contributed by atoms with E-state index in [-0.39, 0.29) is 12.1 Å². The molecule has 0 bridgehead atoms. The molecule has 1 aromatic rings. The average molecular weight is 330 g/mol. The van der Waals surface area contributed by atoms with Crippen LogP contribution in [0.2, 0.25) is 0 Å². The molecule has 2 nitrogen and oxygen atoms in total. The summed E-state index contributed by atoms with van der Waals surface area (Å²) >= 11 is 1.99. The molecule has 0 radical (unpaired) electrons. The molecule has 0 aliphatic rings. The van der Waals surface area contributed by atoms with Gasteiger partial charge in [0.2, 0.25) is 0 Å². The zero-order valence-electron chi connectivity index (χ0n) is 9.06. The number of ether oxygens (including phenoxy) is 1. The van der Waals surface area contributed by atoms with Gasteiger partial charge in [0.1, 0.15) is 6.10 Å². The molecule has 0 saturated heterocycles. The first-order valence-corrected chi connectivity index (χ1v) is 6.70. The van der Waals surface area contributed by atoms with E-state index < -0.39 is 0 Å². The van der Waals surface area contributed by atoms with Crippen molar-refractivity contribution in [2.24, 2.45) is 0 Å². The maximum atomic E-state index is 11.1. The van der Waals surface area contributed by atoms with Gasteiger partial charge in [0.25, 0.3) is 0 Å². The van der Waals surface area contributed by atoms with Crippen LogP contribution in [0.25, 0.3) is 0 Å². The highest BCUT2D eigenvalue weighted by Crippen LogP contribution is 2.08. The van der Waals surface area contributed by atoms with Gasteiger partial charge in [-0.25, -0.2) is 0 Å². The second-order valence-electron chi connectivity index (χ2n) is 3.42. The van der Waals surface area contributed by atoms with E-state index in [0.717, 1.165) is 12.8 Å². The van der Waals surface area contributed by atoms with Crippen LogP contribution in [0.15, 0.2) is 43.0 Å². The maximum absolute atomic E-state index is 11.1. The predicted octanol–water partition coefficient (Wildman–Crippen LogP) is 3.15. The quantitative estimate of drug-likeness (QED) is 0.347. The van der Waals surface area contributed by atoms with E-state index >= 15 is 0 Å². The third-order valence-corrected chi connectivity index (χ3v) is 2.84. The van der Waals surface area contributed by atoms with Gasteiger partial charge in [-0.15, -0.1) is 0 Å². The molecule has 1 aromatic carbocycles. The van der Waals surface area contributed by atoms with Crippen molar-refractivity contribution in [1.82, 2.24) is 0 Å². The second-order valence-corrected chi connectivity index (χ2v) is 4.18. The summed E-state index contributed by atoms with van der Waals surface area (Å²) < 4.78 is 5.59. The van der Waals surface area contributed by atoms with E-state index in [0.29, 0.717) is 4.43 Å². The van der Waals surface area contributed by atoms with E-state index in [1.54, 1.807) is 6.08 Å². The number of alkyl halides is 1. The Kier molecular flexibility index (Phi) is 6.15. The number of carbonyl (C=O) groups excluding carboxylic acids is 1. The molecule has 0 aromatic heterocycles. The Labute approximate surface area is 110 Å². The number of hydrogen-bond acceptors (Lipinski definition) is 2.